The normalized spacial score (nSPS) is 20.6. The van der Waals surface area contributed by atoms with E-state index in [9.17, 15) is 4.79 Å². The van der Waals surface area contributed by atoms with E-state index in [1.807, 2.05) is 18.2 Å². The van der Waals surface area contributed by atoms with E-state index in [4.69, 9.17) is 5.73 Å². The number of nitrogens with two attached hydrogens (primary N) is 1. The number of benzene rings is 1. The summed E-state index contributed by atoms with van der Waals surface area (Å²) in [6.45, 7) is 6.04. The van der Waals surface area contributed by atoms with Gasteiger partial charge in [0.05, 0.1) is 0 Å². The first kappa shape index (κ1) is 12.9. The van der Waals surface area contributed by atoms with E-state index >= 15 is 0 Å². The molecule has 1 aromatic rings. The molecule has 3 nitrogen and oxygen atoms in total. The van der Waals surface area contributed by atoms with Gasteiger partial charge in [0.2, 0.25) is 0 Å². The molecule has 0 saturated carbocycles. The van der Waals surface area contributed by atoms with Gasteiger partial charge in [0, 0.05) is 30.0 Å². The van der Waals surface area contributed by atoms with E-state index in [0.717, 1.165) is 24.7 Å². The summed E-state index contributed by atoms with van der Waals surface area (Å²) in [4.78, 5) is 13.7. The Hall–Kier alpha value is -1.51. The van der Waals surface area contributed by atoms with Crippen molar-refractivity contribution >= 4 is 17.2 Å². The van der Waals surface area contributed by atoms with E-state index in [1.54, 1.807) is 6.92 Å². The van der Waals surface area contributed by atoms with Crippen LogP contribution in [0.3, 0.4) is 0 Å². The molecule has 1 aliphatic rings. The Kier molecular flexibility index (Phi) is 3.90. The third-order valence-electron chi connectivity index (χ3n) is 3.80. The molecule has 0 aliphatic carbocycles. The second-order valence-corrected chi connectivity index (χ2v) is 5.35. The molecule has 98 valence electrons. The lowest BCUT2D eigenvalue weighted by Crippen LogP contribution is -2.24. The van der Waals surface area contributed by atoms with Crippen molar-refractivity contribution in [3.05, 3.63) is 23.8 Å². The lowest BCUT2D eigenvalue weighted by atomic mass is 10.0. The number of Topliss-reactive ketones (excluding diaryl/α,β-unsaturated/α-hetero) is 1. The smallest absolute Gasteiger partial charge is 0.161 e. The van der Waals surface area contributed by atoms with Crippen LogP contribution in [0.5, 0.6) is 0 Å². The molecule has 3 heteroatoms. The maximum absolute atomic E-state index is 11.4. The summed E-state index contributed by atoms with van der Waals surface area (Å²) in [5.41, 5.74) is 8.31. The summed E-state index contributed by atoms with van der Waals surface area (Å²) in [5, 5.41) is 0. The van der Waals surface area contributed by atoms with Crippen molar-refractivity contribution < 1.29 is 4.79 Å². The van der Waals surface area contributed by atoms with Gasteiger partial charge in [0.1, 0.15) is 0 Å². The fourth-order valence-corrected chi connectivity index (χ4v) is 2.59. The van der Waals surface area contributed by atoms with Crippen molar-refractivity contribution in [2.75, 3.05) is 23.7 Å². The van der Waals surface area contributed by atoms with Crippen molar-refractivity contribution in [1.82, 2.24) is 0 Å². The second-order valence-electron chi connectivity index (χ2n) is 5.35. The quantitative estimate of drug-likeness (QED) is 0.644. The molecule has 0 spiro atoms. The van der Waals surface area contributed by atoms with Crippen LogP contribution >= 0.6 is 0 Å². The molecular formula is C15H22N2O. The van der Waals surface area contributed by atoms with Crippen molar-refractivity contribution in [3.8, 4) is 0 Å². The molecule has 0 aromatic heterocycles. The SMILES string of the molecule is CC(=O)c1ccc(N2CCCC(C)CC2)cc1N. The van der Waals surface area contributed by atoms with E-state index in [2.05, 4.69) is 11.8 Å². The van der Waals surface area contributed by atoms with Crippen molar-refractivity contribution in [1.29, 1.82) is 0 Å². The minimum absolute atomic E-state index is 0.0311. The van der Waals surface area contributed by atoms with Crippen LogP contribution in [0.25, 0.3) is 0 Å². The molecule has 1 fully saturated rings. The number of carbonyl (C=O) groups is 1. The molecule has 2 N–H and O–H groups in total. The molecule has 1 unspecified atom stereocenters. The van der Waals surface area contributed by atoms with Crippen LogP contribution in [-0.2, 0) is 0 Å². The van der Waals surface area contributed by atoms with Crippen molar-refractivity contribution in [2.45, 2.75) is 33.1 Å². The molecule has 1 aliphatic heterocycles. The highest BCUT2D eigenvalue weighted by Gasteiger charge is 2.15. The third kappa shape index (κ3) is 2.84. The number of anilines is 2. The van der Waals surface area contributed by atoms with Gasteiger partial charge in [-0.15, -0.1) is 0 Å². The Labute approximate surface area is 109 Å². The Balaban J connectivity index is 2.18. The summed E-state index contributed by atoms with van der Waals surface area (Å²) in [6, 6.07) is 5.80. The van der Waals surface area contributed by atoms with Gasteiger partial charge in [0.25, 0.3) is 0 Å². The minimum Gasteiger partial charge on any atom is -0.398 e. The van der Waals surface area contributed by atoms with Crippen LogP contribution in [0.4, 0.5) is 11.4 Å². The number of nitrogen functional groups attached to an aromatic ring is 1. The van der Waals surface area contributed by atoms with Crippen molar-refractivity contribution in [3.63, 3.8) is 0 Å². The van der Waals surface area contributed by atoms with Crippen LogP contribution < -0.4 is 10.6 Å². The Morgan fingerprint density at radius 2 is 2.11 bits per heavy atom. The lowest BCUT2D eigenvalue weighted by molar-refractivity contribution is 0.101. The topological polar surface area (TPSA) is 46.3 Å². The highest BCUT2D eigenvalue weighted by atomic mass is 16.1. The summed E-state index contributed by atoms with van der Waals surface area (Å²) in [5.74, 6) is 0.840. The van der Waals surface area contributed by atoms with Gasteiger partial charge in [-0.1, -0.05) is 6.92 Å². The number of nitrogens with zero attached hydrogens (tertiary/aromatic N) is 1. The van der Waals surface area contributed by atoms with Gasteiger partial charge in [-0.2, -0.15) is 0 Å². The van der Waals surface area contributed by atoms with E-state index < -0.39 is 0 Å². The van der Waals surface area contributed by atoms with Crippen LogP contribution in [0.2, 0.25) is 0 Å². The summed E-state index contributed by atoms with van der Waals surface area (Å²) in [6.07, 6.45) is 3.77. The minimum atomic E-state index is 0.0311. The van der Waals surface area contributed by atoms with Gasteiger partial charge in [-0.25, -0.2) is 0 Å². The van der Waals surface area contributed by atoms with Crippen molar-refractivity contribution in [2.24, 2.45) is 5.92 Å². The monoisotopic (exact) mass is 246 g/mol. The number of hydrogen-bond acceptors (Lipinski definition) is 3. The Morgan fingerprint density at radius 3 is 2.78 bits per heavy atom. The molecule has 0 bridgehead atoms. The van der Waals surface area contributed by atoms with E-state index in [0.29, 0.717) is 11.3 Å². The van der Waals surface area contributed by atoms with Gasteiger partial charge < -0.3 is 10.6 Å². The average molecular weight is 246 g/mol. The van der Waals surface area contributed by atoms with Gasteiger partial charge >= 0.3 is 0 Å². The fourth-order valence-electron chi connectivity index (χ4n) is 2.59. The Bertz CT molecular complexity index is 442. The molecule has 1 aromatic carbocycles. The zero-order valence-electron chi connectivity index (χ0n) is 11.3. The molecule has 0 radical (unpaired) electrons. The predicted molar refractivity (Wildman–Crippen MR) is 76.1 cm³/mol. The summed E-state index contributed by atoms with van der Waals surface area (Å²) < 4.78 is 0. The largest absolute Gasteiger partial charge is 0.398 e. The number of hydrogen-bond donors (Lipinski definition) is 1. The molecular weight excluding hydrogens is 224 g/mol. The number of ketones is 1. The highest BCUT2D eigenvalue weighted by molar-refractivity contribution is 5.99. The molecule has 18 heavy (non-hydrogen) atoms. The number of rotatable bonds is 2. The number of carbonyl (C=O) groups excluding carboxylic acids is 1. The van der Waals surface area contributed by atoms with E-state index in [-0.39, 0.29) is 5.78 Å². The average Bonchev–Trinajstić information content (AvgIpc) is 2.53. The first-order valence-corrected chi connectivity index (χ1v) is 6.73. The second kappa shape index (κ2) is 5.42. The Morgan fingerprint density at radius 1 is 1.33 bits per heavy atom. The maximum Gasteiger partial charge on any atom is 0.161 e. The maximum atomic E-state index is 11.4. The molecule has 2 rings (SSSR count). The van der Waals surface area contributed by atoms with Gasteiger partial charge in [-0.3, -0.25) is 4.79 Å². The fraction of sp³-hybridized carbons (Fsp3) is 0.533. The van der Waals surface area contributed by atoms with Gasteiger partial charge in [0.15, 0.2) is 5.78 Å². The zero-order chi connectivity index (χ0) is 13.1. The molecule has 1 atom stereocenters. The summed E-state index contributed by atoms with van der Waals surface area (Å²) >= 11 is 0. The lowest BCUT2D eigenvalue weighted by Gasteiger charge is -2.23. The highest BCUT2D eigenvalue weighted by Crippen LogP contribution is 2.25. The van der Waals surface area contributed by atoms with E-state index in [1.165, 1.54) is 19.3 Å². The predicted octanol–water partition coefficient (Wildman–Crippen LogP) is 3.10. The van der Waals surface area contributed by atoms with Crippen LogP contribution in [0.1, 0.15) is 43.5 Å². The third-order valence-corrected chi connectivity index (χ3v) is 3.80. The molecule has 1 saturated heterocycles. The summed E-state index contributed by atoms with van der Waals surface area (Å²) in [7, 11) is 0. The standard InChI is InChI=1S/C15H22N2O/c1-11-4-3-8-17(9-7-11)13-5-6-14(12(2)18)15(16)10-13/h5-6,10-11H,3-4,7-9,16H2,1-2H3. The zero-order valence-corrected chi connectivity index (χ0v) is 11.3. The first-order valence-electron chi connectivity index (χ1n) is 6.73. The molecule has 0 amide bonds. The van der Waals surface area contributed by atoms with Crippen LogP contribution in [0.15, 0.2) is 18.2 Å². The van der Waals surface area contributed by atoms with Gasteiger partial charge in [-0.05, 0) is 50.3 Å². The van der Waals surface area contributed by atoms with Crippen LogP contribution in [0, 0.1) is 5.92 Å². The van der Waals surface area contributed by atoms with Crippen LogP contribution in [-0.4, -0.2) is 18.9 Å². The first-order chi connectivity index (χ1) is 8.58. The molecule has 1 heterocycles.